The molecule has 1 atom stereocenters. The molecule has 0 radical (unpaired) electrons. The average molecular weight is 313 g/mol. The smallest absolute Gasteiger partial charge is 0.178 e. The molecule has 3 rings (SSSR count). The largest absolute Gasteiger partial charge is 0.381 e. The van der Waals surface area contributed by atoms with Gasteiger partial charge in [0, 0.05) is 23.5 Å². The van der Waals surface area contributed by atoms with Crippen molar-refractivity contribution in [1.29, 1.82) is 0 Å². The molecule has 2 aromatic rings. The number of ether oxygens (including phenoxy) is 1. The second kappa shape index (κ2) is 4.55. The van der Waals surface area contributed by atoms with Gasteiger partial charge in [0.25, 0.3) is 0 Å². The van der Waals surface area contributed by atoms with Gasteiger partial charge in [0.2, 0.25) is 0 Å². The summed E-state index contributed by atoms with van der Waals surface area (Å²) in [6.45, 7) is 2.67. The van der Waals surface area contributed by atoms with E-state index in [1.807, 2.05) is 6.07 Å². The zero-order valence-electron chi connectivity index (χ0n) is 9.28. The molecule has 0 aliphatic carbocycles. The average Bonchev–Trinajstić information content (AvgIpc) is 2.90. The van der Waals surface area contributed by atoms with Gasteiger partial charge in [-0.05, 0) is 36.8 Å². The third-order valence-electron chi connectivity index (χ3n) is 3.20. The van der Waals surface area contributed by atoms with Gasteiger partial charge in [-0.1, -0.05) is 15.9 Å². The van der Waals surface area contributed by atoms with Gasteiger partial charge in [-0.15, -0.1) is 0 Å². The number of halogens is 1. The molecule has 1 fully saturated rings. The molecule has 3 nitrogen and oxygen atoms in total. The van der Waals surface area contributed by atoms with E-state index in [-0.39, 0.29) is 0 Å². The molecular weight excluding hydrogens is 300 g/mol. The van der Waals surface area contributed by atoms with Gasteiger partial charge in [0.05, 0.1) is 17.6 Å². The number of H-pyrrole nitrogens is 1. The molecule has 1 aliphatic rings. The van der Waals surface area contributed by atoms with Crippen LogP contribution in [0.2, 0.25) is 0 Å². The van der Waals surface area contributed by atoms with Gasteiger partial charge in [-0.25, -0.2) is 0 Å². The standard InChI is InChI=1S/C12H13BrN2OS/c13-9-1-2-10-11(5-9)15(12(17)14-10)6-8-3-4-16-7-8/h1-2,5,8H,3-4,6-7H2,(H,14,17). The van der Waals surface area contributed by atoms with Gasteiger partial charge in [0.1, 0.15) is 0 Å². The Kier molecular flexibility index (Phi) is 3.06. The lowest BCUT2D eigenvalue weighted by Crippen LogP contribution is -2.10. The van der Waals surface area contributed by atoms with E-state index in [4.69, 9.17) is 17.0 Å². The van der Waals surface area contributed by atoms with Crippen molar-refractivity contribution in [3.63, 3.8) is 0 Å². The lowest BCUT2D eigenvalue weighted by atomic mass is 10.1. The summed E-state index contributed by atoms with van der Waals surface area (Å²) in [5, 5.41) is 0. The number of hydrogen-bond acceptors (Lipinski definition) is 2. The molecule has 5 heteroatoms. The van der Waals surface area contributed by atoms with Crippen molar-refractivity contribution in [2.45, 2.75) is 13.0 Å². The topological polar surface area (TPSA) is 29.9 Å². The fraction of sp³-hybridized carbons (Fsp3) is 0.417. The Labute approximate surface area is 113 Å². The Bertz CT molecular complexity index is 598. The molecule has 1 N–H and O–H groups in total. The van der Waals surface area contributed by atoms with Crippen molar-refractivity contribution in [3.8, 4) is 0 Å². The maximum atomic E-state index is 5.41. The molecule has 1 aliphatic heterocycles. The minimum Gasteiger partial charge on any atom is -0.381 e. The molecule has 1 unspecified atom stereocenters. The van der Waals surface area contributed by atoms with Crippen LogP contribution in [-0.2, 0) is 11.3 Å². The maximum Gasteiger partial charge on any atom is 0.178 e. The minimum absolute atomic E-state index is 0.583. The number of benzene rings is 1. The number of aromatic amines is 1. The summed E-state index contributed by atoms with van der Waals surface area (Å²) < 4.78 is 9.47. The fourth-order valence-electron chi connectivity index (χ4n) is 2.29. The number of nitrogens with zero attached hydrogens (tertiary/aromatic N) is 1. The number of nitrogens with one attached hydrogen (secondary N) is 1. The second-order valence-electron chi connectivity index (χ2n) is 4.43. The van der Waals surface area contributed by atoms with E-state index < -0.39 is 0 Å². The Morgan fingerprint density at radius 1 is 1.53 bits per heavy atom. The van der Waals surface area contributed by atoms with Crippen LogP contribution in [-0.4, -0.2) is 22.8 Å². The first kappa shape index (κ1) is 11.4. The molecule has 0 saturated carbocycles. The summed E-state index contributed by atoms with van der Waals surface area (Å²) in [5.74, 6) is 0.583. The summed E-state index contributed by atoms with van der Waals surface area (Å²) in [6.07, 6.45) is 1.13. The lowest BCUT2D eigenvalue weighted by molar-refractivity contribution is 0.182. The number of imidazole rings is 1. The van der Waals surface area contributed by atoms with Crippen LogP contribution in [0.5, 0.6) is 0 Å². The first-order chi connectivity index (χ1) is 8.24. The molecule has 0 bridgehead atoms. The monoisotopic (exact) mass is 312 g/mol. The van der Waals surface area contributed by atoms with Crippen LogP contribution < -0.4 is 0 Å². The highest BCUT2D eigenvalue weighted by molar-refractivity contribution is 9.10. The Hall–Kier alpha value is -0.650. The fourth-order valence-corrected chi connectivity index (χ4v) is 2.92. The molecule has 2 heterocycles. The van der Waals surface area contributed by atoms with Crippen LogP contribution >= 0.6 is 28.1 Å². The number of hydrogen-bond donors (Lipinski definition) is 1. The SMILES string of the molecule is S=c1[nH]c2ccc(Br)cc2n1CC1CCOC1. The Balaban J connectivity index is 2.04. The first-order valence-electron chi connectivity index (χ1n) is 5.70. The van der Waals surface area contributed by atoms with Gasteiger partial charge in [-0.2, -0.15) is 0 Å². The molecule has 1 aromatic carbocycles. The van der Waals surface area contributed by atoms with Crippen LogP contribution in [0.4, 0.5) is 0 Å². The quantitative estimate of drug-likeness (QED) is 0.860. The van der Waals surface area contributed by atoms with Gasteiger partial charge in [-0.3, -0.25) is 0 Å². The van der Waals surface area contributed by atoms with Crippen LogP contribution in [0.25, 0.3) is 11.0 Å². The first-order valence-corrected chi connectivity index (χ1v) is 6.90. The minimum atomic E-state index is 0.583. The molecule has 17 heavy (non-hydrogen) atoms. The van der Waals surface area contributed by atoms with E-state index in [2.05, 4.69) is 37.6 Å². The number of fused-ring (bicyclic) bond motifs is 1. The number of aromatic nitrogens is 2. The molecule has 1 aromatic heterocycles. The van der Waals surface area contributed by atoms with E-state index in [0.29, 0.717) is 5.92 Å². The van der Waals surface area contributed by atoms with Crippen molar-refractivity contribution >= 4 is 39.2 Å². The second-order valence-corrected chi connectivity index (χ2v) is 5.73. The van der Waals surface area contributed by atoms with Crippen LogP contribution in [0.15, 0.2) is 22.7 Å². The van der Waals surface area contributed by atoms with Crippen molar-refractivity contribution in [1.82, 2.24) is 9.55 Å². The summed E-state index contributed by atoms with van der Waals surface area (Å²) >= 11 is 8.88. The normalized spacial score (nSPS) is 20.2. The van der Waals surface area contributed by atoms with E-state index in [1.54, 1.807) is 0 Å². The highest BCUT2D eigenvalue weighted by atomic mass is 79.9. The van der Waals surface area contributed by atoms with Crippen LogP contribution in [0.1, 0.15) is 6.42 Å². The van der Waals surface area contributed by atoms with Crippen molar-refractivity contribution < 1.29 is 4.74 Å². The third kappa shape index (κ3) is 2.19. The van der Waals surface area contributed by atoms with Crippen molar-refractivity contribution in [3.05, 3.63) is 27.4 Å². The third-order valence-corrected chi connectivity index (χ3v) is 4.02. The molecule has 0 spiro atoms. The Morgan fingerprint density at radius 2 is 2.41 bits per heavy atom. The van der Waals surface area contributed by atoms with Gasteiger partial charge < -0.3 is 14.3 Å². The highest BCUT2D eigenvalue weighted by Gasteiger charge is 2.17. The van der Waals surface area contributed by atoms with E-state index in [9.17, 15) is 0 Å². The van der Waals surface area contributed by atoms with Gasteiger partial charge in [0.15, 0.2) is 4.77 Å². The zero-order chi connectivity index (χ0) is 11.8. The Morgan fingerprint density at radius 3 is 3.18 bits per heavy atom. The van der Waals surface area contributed by atoms with Crippen LogP contribution in [0, 0.1) is 10.7 Å². The summed E-state index contributed by atoms with van der Waals surface area (Å²) in [6, 6.07) is 6.19. The lowest BCUT2D eigenvalue weighted by Gasteiger charge is -2.09. The van der Waals surface area contributed by atoms with Gasteiger partial charge >= 0.3 is 0 Å². The van der Waals surface area contributed by atoms with Crippen LogP contribution in [0.3, 0.4) is 0 Å². The predicted octanol–water partition coefficient (Wildman–Crippen LogP) is 3.50. The number of rotatable bonds is 2. The van der Waals surface area contributed by atoms with E-state index in [0.717, 1.165) is 46.5 Å². The summed E-state index contributed by atoms with van der Waals surface area (Å²) in [7, 11) is 0. The molecule has 0 amide bonds. The molecule has 90 valence electrons. The predicted molar refractivity (Wildman–Crippen MR) is 73.7 cm³/mol. The summed E-state index contributed by atoms with van der Waals surface area (Å²) in [5.41, 5.74) is 2.26. The summed E-state index contributed by atoms with van der Waals surface area (Å²) in [4.78, 5) is 3.24. The highest BCUT2D eigenvalue weighted by Crippen LogP contribution is 2.22. The van der Waals surface area contributed by atoms with E-state index >= 15 is 0 Å². The molecule has 1 saturated heterocycles. The maximum absolute atomic E-state index is 5.41. The van der Waals surface area contributed by atoms with E-state index in [1.165, 1.54) is 0 Å². The van der Waals surface area contributed by atoms with Crippen molar-refractivity contribution in [2.24, 2.45) is 5.92 Å². The zero-order valence-corrected chi connectivity index (χ0v) is 11.7. The van der Waals surface area contributed by atoms with Crippen molar-refractivity contribution in [2.75, 3.05) is 13.2 Å². The molecular formula is C12H13BrN2OS.